The van der Waals surface area contributed by atoms with Crippen LogP contribution < -0.4 is 11.3 Å². The van der Waals surface area contributed by atoms with Gasteiger partial charge in [0.15, 0.2) is 0 Å². The van der Waals surface area contributed by atoms with Gasteiger partial charge in [0.25, 0.3) is 0 Å². The van der Waals surface area contributed by atoms with Crippen molar-refractivity contribution < 1.29 is 11.2 Å². The predicted octanol–water partition coefficient (Wildman–Crippen LogP) is 9.05. The Labute approximate surface area is 229 Å². The molecule has 2 aromatic rings. The number of benzene rings is 2. The van der Waals surface area contributed by atoms with E-state index in [1.807, 2.05) is 0 Å². The van der Waals surface area contributed by atoms with Crippen LogP contribution in [0.2, 0.25) is 0 Å². The van der Waals surface area contributed by atoms with Crippen LogP contribution in [0.5, 0.6) is 11.5 Å². The molecule has 4 rings (SSSR count). The number of fused-ring (bicyclic) bond motifs is 5. The van der Waals surface area contributed by atoms with E-state index in [1.165, 1.54) is 22.3 Å². The van der Waals surface area contributed by atoms with E-state index in [0.717, 1.165) is 22.9 Å². The Bertz CT molecular complexity index is 1140. The van der Waals surface area contributed by atoms with Crippen LogP contribution in [0, 0.1) is 0 Å². The fourth-order valence-electron chi connectivity index (χ4n) is 4.86. The molecule has 0 unspecified atom stereocenters. The molecule has 0 aliphatic carbocycles. The van der Waals surface area contributed by atoms with Crippen molar-refractivity contribution in [1.29, 1.82) is 0 Å². The van der Waals surface area contributed by atoms with Crippen molar-refractivity contribution in [3.8, 4) is 11.5 Å². The Kier molecular flexibility index (Phi) is 6.27. The number of rotatable bonds is 1. The Morgan fingerprint density at radius 3 is 1.16 bits per heavy atom. The van der Waals surface area contributed by atoms with Gasteiger partial charge < -0.3 is 0 Å². The van der Waals surface area contributed by atoms with Crippen molar-refractivity contribution >= 4 is 26.2 Å². The average Bonchev–Trinajstić information content (AvgIpc) is 3.11. The summed E-state index contributed by atoms with van der Waals surface area (Å²) in [5, 5.41) is 0. The van der Waals surface area contributed by atoms with Crippen LogP contribution in [0.15, 0.2) is 24.3 Å². The first kappa shape index (κ1) is 28.4. The van der Waals surface area contributed by atoms with Gasteiger partial charge in [-0.25, -0.2) is 0 Å². The topological polar surface area (TPSA) is 30.9 Å². The second kappa shape index (κ2) is 8.18. The van der Waals surface area contributed by atoms with Crippen LogP contribution in [0.4, 0.5) is 11.4 Å². The van der Waals surface area contributed by atoms with Crippen molar-refractivity contribution in [2.24, 2.45) is 0 Å². The summed E-state index contributed by atoms with van der Waals surface area (Å²) >= 11 is -3.87. The van der Waals surface area contributed by atoms with Crippen LogP contribution in [-0.4, -0.2) is 20.4 Å². The monoisotopic (exact) mass is 570 g/mol. The molecule has 0 fully saturated rings. The Morgan fingerprint density at radius 1 is 0.541 bits per heavy atom. The third-order valence-corrected chi connectivity index (χ3v) is 12.3. The molecule has 5 heteroatoms. The maximum absolute atomic E-state index is 7.05. The Hall–Kier alpha value is -1.64. The third-order valence-electron chi connectivity index (χ3n) is 6.99. The van der Waals surface area contributed by atoms with Gasteiger partial charge in [-0.15, -0.1) is 0 Å². The standard InChI is InChI=1S/C32H49AsNO3/c1-28(2,3)20-16-22(30(7,8)9)26-24(18-20)34-25-19-21(29(4,5)6)17-23(31(10,11)12)27(25)36-33(34,35-26)37-32(13,14)15/h16-19H,1-15H3. The van der Waals surface area contributed by atoms with Gasteiger partial charge in [0.05, 0.1) is 0 Å². The normalized spacial score (nSPS) is 17.2. The first-order valence-electron chi connectivity index (χ1n) is 13.6. The SMILES string of the molecule is CC(C)(C)O[As]12Oc3c(cc(C(C)(C)C)cc3C(C)(C)C)N1c1cc(C(C)(C)C)cc(C(C)(C)C)c1O2. The van der Waals surface area contributed by atoms with Crippen LogP contribution in [-0.2, 0) is 25.4 Å². The molecule has 0 bridgehead atoms. The average molecular weight is 571 g/mol. The van der Waals surface area contributed by atoms with Crippen LogP contribution in [0.1, 0.15) is 126 Å². The molecular weight excluding hydrogens is 521 g/mol. The van der Waals surface area contributed by atoms with Gasteiger partial charge >= 0.3 is 230 Å². The second-order valence-corrected chi connectivity index (χ2v) is 19.9. The summed E-state index contributed by atoms with van der Waals surface area (Å²) < 4.78 is 23.4. The molecule has 1 radical (unpaired) electrons. The van der Waals surface area contributed by atoms with Crippen molar-refractivity contribution in [2.75, 3.05) is 3.82 Å². The molecule has 2 aromatic carbocycles. The van der Waals surface area contributed by atoms with E-state index in [2.05, 4.69) is 132 Å². The van der Waals surface area contributed by atoms with Crippen LogP contribution in [0.25, 0.3) is 0 Å². The van der Waals surface area contributed by atoms with E-state index in [0.29, 0.717) is 0 Å². The molecule has 205 valence electrons. The summed E-state index contributed by atoms with van der Waals surface area (Å²) in [7, 11) is 0. The minimum absolute atomic E-state index is 0.0103. The molecule has 0 saturated carbocycles. The van der Waals surface area contributed by atoms with Crippen molar-refractivity contribution in [2.45, 2.75) is 131 Å². The summed E-state index contributed by atoms with van der Waals surface area (Å²) in [6, 6.07) is 9.30. The predicted molar refractivity (Wildman–Crippen MR) is 158 cm³/mol. The molecule has 4 nitrogen and oxygen atoms in total. The van der Waals surface area contributed by atoms with Crippen LogP contribution >= 0.6 is 0 Å². The number of hydrogen-bond donors (Lipinski definition) is 0. The zero-order valence-electron chi connectivity index (χ0n) is 25.9. The minimum atomic E-state index is -3.87. The van der Waals surface area contributed by atoms with E-state index in [-0.39, 0.29) is 21.7 Å². The molecule has 2 heterocycles. The molecular formula is C32H49AsNO3. The molecule has 0 amide bonds. The van der Waals surface area contributed by atoms with Crippen LogP contribution in [0.3, 0.4) is 0 Å². The first-order valence-corrected chi connectivity index (χ1v) is 16.8. The summed E-state index contributed by atoms with van der Waals surface area (Å²) in [5.41, 5.74) is 6.52. The van der Waals surface area contributed by atoms with Gasteiger partial charge in [-0.1, -0.05) is 0 Å². The Morgan fingerprint density at radius 2 is 0.892 bits per heavy atom. The summed E-state index contributed by atoms with van der Waals surface area (Å²) in [5.74, 6) is 1.84. The maximum atomic E-state index is 7.05. The first-order chi connectivity index (χ1) is 16.4. The Balaban J connectivity index is 2.11. The molecule has 0 N–H and O–H groups in total. The summed E-state index contributed by atoms with van der Waals surface area (Å²) in [6.45, 7) is 33.5. The summed E-state index contributed by atoms with van der Waals surface area (Å²) in [6.07, 6.45) is 0. The third kappa shape index (κ3) is 5.06. The number of hydrogen-bond acceptors (Lipinski definition) is 4. The van der Waals surface area contributed by atoms with Gasteiger partial charge in [0.1, 0.15) is 0 Å². The summed E-state index contributed by atoms with van der Waals surface area (Å²) in [4.78, 5) is 0. The molecule has 0 spiro atoms. The fraction of sp³-hybridized carbons (Fsp3) is 0.625. The van der Waals surface area contributed by atoms with E-state index in [4.69, 9.17) is 11.2 Å². The van der Waals surface area contributed by atoms with E-state index < -0.39 is 20.4 Å². The van der Waals surface area contributed by atoms with Gasteiger partial charge in [0.2, 0.25) is 0 Å². The molecule has 0 atom stereocenters. The van der Waals surface area contributed by atoms with Crippen molar-refractivity contribution in [1.82, 2.24) is 0 Å². The van der Waals surface area contributed by atoms with E-state index in [1.54, 1.807) is 0 Å². The fourth-order valence-corrected chi connectivity index (χ4v) is 10.6. The van der Waals surface area contributed by atoms with Crippen molar-refractivity contribution in [3.63, 3.8) is 0 Å². The zero-order valence-corrected chi connectivity index (χ0v) is 27.8. The number of anilines is 2. The van der Waals surface area contributed by atoms with Gasteiger partial charge in [-0.2, -0.15) is 0 Å². The zero-order chi connectivity index (χ0) is 28.1. The van der Waals surface area contributed by atoms with E-state index >= 15 is 0 Å². The second-order valence-electron chi connectivity index (χ2n) is 15.9. The quantitative estimate of drug-likeness (QED) is 0.320. The molecule has 0 saturated heterocycles. The molecule has 2 aliphatic rings. The molecule has 0 aromatic heterocycles. The number of nitrogens with zero attached hydrogens (tertiary/aromatic N) is 1. The molecule has 2 aliphatic heterocycles. The molecule has 37 heavy (non-hydrogen) atoms. The van der Waals surface area contributed by atoms with Gasteiger partial charge in [-0.05, 0) is 0 Å². The van der Waals surface area contributed by atoms with Gasteiger partial charge in [0, 0.05) is 0 Å². The van der Waals surface area contributed by atoms with E-state index in [9.17, 15) is 0 Å². The van der Waals surface area contributed by atoms with Crippen molar-refractivity contribution in [3.05, 3.63) is 46.5 Å². The van der Waals surface area contributed by atoms with Gasteiger partial charge in [-0.3, -0.25) is 0 Å².